The Hall–Kier alpha value is -3.46. The molecular formula is C21H23N3O6. The van der Waals surface area contributed by atoms with Gasteiger partial charge in [-0.15, -0.1) is 0 Å². The van der Waals surface area contributed by atoms with Gasteiger partial charge in [-0.25, -0.2) is 4.79 Å². The highest BCUT2D eigenvalue weighted by atomic mass is 16.6. The van der Waals surface area contributed by atoms with Crippen molar-refractivity contribution in [2.45, 2.75) is 25.5 Å². The minimum absolute atomic E-state index is 0.00735. The number of esters is 1. The quantitative estimate of drug-likeness (QED) is 0.368. The smallest absolute Gasteiger partial charge is 0.341 e. The molecule has 1 atom stereocenters. The number of anilines is 1. The minimum Gasteiger partial charge on any atom is -0.452 e. The Balaban J connectivity index is 1.62. The number of nitro groups is 1. The third kappa shape index (κ3) is 6.02. The standard InChI is InChI=1S/C21H23N3O6/c25-20(23-13-17-7-4-10-29-17)14-30-21(26)18-11-16(24(27)28)8-9-19(18)22-12-15-5-2-1-3-6-15/h1-3,5-6,8-9,11,17,22H,4,7,10,12-14H2,(H,23,25)/t17-/m0/s1. The maximum atomic E-state index is 12.5. The fourth-order valence-corrected chi connectivity index (χ4v) is 3.05. The van der Waals surface area contributed by atoms with Crippen molar-refractivity contribution in [3.05, 3.63) is 69.8 Å². The first-order valence-corrected chi connectivity index (χ1v) is 9.64. The molecule has 0 aliphatic carbocycles. The molecule has 3 rings (SSSR count). The van der Waals surface area contributed by atoms with Crippen molar-refractivity contribution in [1.82, 2.24) is 5.32 Å². The number of ether oxygens (including phenoxy) is 2. The normalized spacial score (nSPS) is 15.4. The van der Waals surface area contributed by atoms with E-state index < -0.39 is 23.4 Å². The summed E-state index contributed by atoms with van der Waals surface area (Å²) in [7, 11) is 0. The number of benzene rings is 2. The van der Waals surface area contributed by atoms with E-state index in [-0.39, 0.29) is 17.4 Å². The van der Waals surface area contributed by atoms with Gasteiger partial charge in [-0.3, -0.25) is 14.9 Å². The number of carbonyl (C=O) groups excluding carboxylic acids is 2. The van der Waals surface area contributed by atoms with Crippen molar-refractivity contribution < 1.29 is 24.0 Å². The van der Waals surface area contributed by atoms with Gasteiger partial charge in [0.05, 0.1) is 16.6 Å². The van der Waals surface area contributed by atoms with Crippen LogP contribution in [0, 0.1) is 10.1 Å². The molecule has 1 saturated heterocycles. The molecule has 1 aliphatic rings. The summed E-state index contributed by atoms with van der Waals surface area (Å²) in [5.41, 5.74) is 1.11. The van der Waals surface area contributed by atoms with Gasteiger partial charge in [0.25, 0.3) is 11.6 Å². The first-order valence-electron chi connectivity index (χ1n) is 9.64. The summed E-state index contributed by atoms with van der Waals surface area (Å²) in [5, 5.41) is 16.8. The highest BCUT2D eigenvalue weighted by Crippen LogP contribution is 2.23. The van der Waals surface area contributed by atoms with Gasteiger partial charge in [0.2, 0.25) is 0 Å². The molecule has 0 spiro atoms. The monoisotopic (exact) mass is 413 g/mol. The molecule has 1 aliphatic heterocycles. The molecule has 9 nitrogen and oxygen atoms in total. The summed E-state index contributed by atoms with van der Waals surface area (Å²) < 4.78 is 10.5. The average Bonchev–Trinajstić information content (AvgIpc) is 3.29. The SMILES string of the molecule is O=C(COC(=O)c1cc([N+](=O)[O-])ccc1NCc1ccccc1)NC[C@@H]1CCCO1. The van der Waals surface area contributed by atoms with E-state index in [0.717, 1.165) is 24.5 Å². The number of carbonyl (C=O) groups is 2. The second-order valence-electron chi connectivity index (χ2n) is 6.84. The molecule has 1 amide bonds. The minimum atomic E-state index is -0.818. The fraction of sp³-hybridized carbons (Fsp3) is 0.333. The topological polar surface area (TPSA) is 120 Å². The molecule has 1 heterocycles. The van der Waals surface area contributed by atoms with Gasteiger partial charge in [-0.1, -0.05) is 30.3 Å². The van der Waals surface area contributed by atoms with Crippen molar-refractivity contribution in [2.75, 3.05) is 25.1 Å². The summed E-state index contributed by atoms with van der Waals surface area (Å²) in [6.45, 7) is 0.977. The van der Waals surface area contributed by atoms with E-state index in [1.54, 1.807) is 0 Å². The summed E-state index contributed by atoms with van der Waals surface area (Å²) in [5.74, 6) is -1.27. The highest BCUT2D eigenvalue weighted by molar-refractivity contribution is 5.97. The second-order valence-corrected chi connectivity index (χ2v) is 6.84. The Morgan fingerprint density at radius 1 is 1.20 bits per heavy atom. The van der Waals surface area contributed by atoms with Crippen molar-refractivity contribution in [1.29, 1.82) is 0 Å². The Kier molecular flexibility index (Phi) is 7.34. The Morgan fingerprint density at radius 2 is 2.00 bits per heavy atom. The highest BCUT2D eigenvalue weighted by Gasteiger charge is 2.20. The predicted octanol–water partition coefficient (Wildman–Crippen LogP) is 2.66. The number of nitrogens with zero attached hydrogens (tertiary/aromatic N) is 1. The van der Waals surface area contributed by atoms with Crippen LogP contribution in [0.25, 0.3) is 0 Å². The van der Waals surface area contributed by atoms with Crippen LogP contribution >= 0.6 is 0 Å². The van der Waals surface area contributed by atoms with Gasteiger partial charge in [-0.2, -0.15) is 0 Å². The van der Waals surface area contributed by atoms with Crippen molar-refractivity contribution in [3.63, 3.8) is 0 Å². The summed E-state index contributed by atoms with van der Waals surface area (Å²) in [6.07, 6.45) is 1.82. The molecule has 2 aromatic rings. The Morgan fingerprint density at radius 3 is 2.70 bits per heavy atom. The molecule has 9 heteroatoms. The largest absolute Gasteiger partial charge is 0.452 e. The second kappa shape index (κ2) is 10.4. The van der Waals surface area contributed by atoms with E-state index in [4.69, 9.17) is 9.47 Å². The van der Waals surface area contributed by atoms with Crippen LogP contribution in [0.1, 0.15) is 28.8 Å². The maximum absolute atomic E-state index is 12.5. The predicted molar refractivity (Wildman–Crippen MR) is 109 cm³/mol. The summed E-state index contributed by atoms with van der Waals surface area (Å²) >= 11 is 0. The molecule has 1 fully saturated rings. The lowest BCUT2D eigenvalue weighted by atomic mass is 10.1. The number of amides is 1. The molecule has 158 valence electrons. The lowest BCUT2D eigenvalue weighted by Crippen LogP contribution is -2.34. The zero-order chi connectivity index (χ0) is 21.3. The molecule has 0 bridgehead atoms. The zero-order valence-electron chi connectivity index (χ0n) is 16.3. The lowest BCUT2D eigenvalue weighted by molar-refractivity contribution is -0.384. The number of nitro benzene ring substituents is 1. The molecule has 2 aromatic carbocycles. The van der Waals surface area contributed by atoms with Crippen LogP contribution in [0.2, 0.25) is 0 Å². The van der Waals surface area contributed by atoms with E-state index in [1.807, 2.05) is 30.3 Å². The summed E-state index contributed by atoms with van der Waals surface area (Å²) in [4.78, 5) is 35.0. The van der Waals surface area contributed by atoms with Gasteiger partial charge in [-0.05, 0) is 24.5 Å². The number of hydrogen-bond acceptors (Lipinski definition) is 7. The van der Waals surface area contributed by atoms with E-state index >= 15 is 0 Å². The third-order valence-electron chi connectivity index (χ3n) is 4.64. The van der Waals surface area contributed by atoms with Gasteiger partial charge >= 0.3 is 5.97 Å². The van der Waals surface area contributed by atoms with Crippen molar-refractivity contribution in [3.8, 4) is 0 Å². The Bertz CT molecular complexity index is 897. The third-order valence-corrected chi connectivity index (χ3v) is 4.64. The first-order chi connectivity index (χ1) is 14.5. The van der Waals surface area contributed by atoms with Crippen molar-refractivity contribution in [2.24, 2.45) is 0 Å². The number of hydrogen-bond donors (Lipinski definition) is 2. The maximum Gasteiger partial charge on any atom is 0.341 e. The van der Waals surface area contributed by atoms with Crippen LogP contribution in [-0.2, 0) is 20.8 Å². The molecule has 0 unspecified atom stereocenters. The van der Waals surface area contributed by atoms with Crippen LogP contribution in [-0.4, -0.2) is 42.7 Å². The molecule has 0 radical (unpaired) electrons. The van der Waals surface area contributed by atoms with Crippen LogP contribution in [0.15, 0.2) is 48.5 Å². The van der Waals surface area contributed by atoms with Crippen LogP contribution in [0.3, 0.4) is 0 Å². The first kappa shape index (κ1) is 21.3. The number of rotatable bonds is 9. The van der Waals surface area contributed by atoms with E-state index in [0.29, 0.717) is 25.4 Å². The van der Waals surface area contributed by atoms with Crippen LogP contribution < -0.4 is 10.6 Å². The number of non-ortho nitro benzene ring substituents is 1. The van der Waals surface area contributed by atoms with Gasteiger partial charge < -0.3 is 20.1 Å². The molecule has 2 N–H and O–H groups in total. The molecule has 0 aromatic heterocycles. The Labute approximate surface area is 173 Å². The zero-order valence-corrected chi connectivity index (χ0v) is 16.3. The van der Waals surface area contributed by atoms with Gasteiger partial charge in [0, 0.05) is 37.5 Å². The van der Waals surface area contributed by atoms with E-state index in [2.05, 4.69) is 10.6 Å². The van der Waals surface area contributed by atoms with E-state index in [1.165, 1.54) is 12.1 Å². The molecule has 0 saturated carbocycles. The fourth-order valence-electron chi connectivity index (χ4n) is 3.05. The lowest BCUT2D eigenvalue weighted by Gasteiger charge is -2.13. The molecule has 30 heavy (non-hydrogen) atoms. The van der Waals surface area contributed by atoms with Gasteiger partial charge in [0.1, 0.15) is 0 Å². The summed E-state index contributed by atoms with van der Waals surface area (Å²) in [6, 6.07) is 13.4. The van der Waals surface area contributed by atoms with Crippen molar-refractivity contribution >= 4 is 23.3 Å². The molecular weight excluding hydrogens is 390 g/mol. The number of nitrogens with one attached hydrogen (secondary N) is 2. The van der Waals surface area contributed by atoms with E-state index in [9.17, 15) is 19.7 Å². The van der Waals surface area contributed by atoms with Gasteiger partial charge in [0.15, 0.2) is 6.61 Å². The van der Waals surface area contributed by atoms with Crippen LogP contribution in [0.5, 0.6) is 0 Å². The average molecular weight is 413 g/mol. The van der Waals surface area contributed by atoms with Crippen LogP contribution in [0.4, 0.5) is 11.4 Å².